The molecular formula is C13H22N4O. The van der Waals surface area contributed by atoms with Gasteiger partial charge in [0, 0.05) is 19.3 Å². The number of nitrogens with zero attached hydrogens (tertiary/aromatic N) is 2. The first kappa shape index (κ1) is 14.4. The quantitative estimate of drug-likeness (QED) is 0.730. The molecule has 0 unspecified atom stereocenters. The molecule has 5 heteroatoms. The van der Waals surface area contributed by atoms with Crippen LogP contribution in [0.5, 0.6) is 0 Å². The number of pyridine rings is 1. The largest absolute Gasteiger partial charge is 0.368 e. The number of likely N-dealkylation sites (N-methyl/N-ethyl adjacent to an activating group) is 1. The fraction of sp³-hybridized carbons (Fsp3) is 0.538. The summed E-state index contributed by atoms with van der Waals surface area (Å²) in [7, 11) is 0. The van der Waals surface area contributed by atoms with E-state index in [-0.39, 0.29) is 0 Å². The Hall–Kier alpha value is -1.62. The van der Waals surface area contributed by atoms with Crippen molar-refractivity contribution in [2.75, 3.05) is 31.5 Å². The van der Waals surface area contributed by atoms with E-state index < -0.39 is 5.91 Å². The van der Waals surface area contributed by atoms with Crippen LogP contribution in [0.4, 0.5) is 5.82 Å². The molecule has 0 saturated carbocycles. The molecule has 0 bridgehead atoms. The maximum Gasteiger partial charge on any atom is 0.252 e. The van der Waals surface area contributed by atoms with Gasteiger partial charge in [-0.25, -0.2) is 4.98 Å². The van der Waals surface area contributed by atoms with Gasteiger partial charge in [0.1, 0.15) is 5.82 Å². The van der Waals surface area contributed by atoms with Gasteiger partial charge in [0.25, 0.3) is 5.91 Å². The van der Waals surface area contributed by atoms with Gasteiger partial charge in [-0.2, -0.15) is 0 Å². The number of hydrogen-bond acceptors (Lipinski definition) is 4. The van der Waals surface area contributed by atoms with Crippen LogP contribution in [0.1, 0.15) is 30.6 Å². The van der Waals surface area contributed by atoms with Crippen molar-refractivity contribution >= 4 is 11.7 Å². The summed E-state index contributed by atoms with van der Waals surface area (Å²) in [6, 6.07) is 3.39. The van der Waals surface area contributed by atoms with E-state index in [4.69, 9.17) is 5.73 Å². The van der Waals surface area contributed by atoms with E-state index in [1.807, 2.05) is 0 Å². The number of carbonyl (C=O) groups is 1. The maximum absolute atomic E-state index is 11.2. The summed E-state index contributed by atoms with van der Waals surface area (Å²) in [5.74, 6) is 0.115. The number of rotatable bonds is 8. The molecule has 0 radical (unpaired) electrons. The summed E-state index contributed by atoms with van der Waals surface area (Å²) in [5.41, 5.74) is 5.73. The molecule has 0 spiro atoms. The standard InChI is InChI=1S/C13H22N4O/c1-3-9-17(4-2)10-8-16-13-11(12(14)18)6-5-7-15-13/h5-7H,3-4,8-10H2,1-2H3,(H2,14,18)(H,15,16). The molecule has 0 aliphatic rings. The van der Waals surface area contributed by atoms with E-state index in [9.17, 15) is 4.79 Å². The number of anilines is 1. The topological polar surface area (TPSA) is 71.2 Å². The monoisotopic (exact) mass is 250 g/mol. The Kier molecular flexibility index (Phi) is 6.14. The second-order valence-corrected chi connectivity index (χ2v) is 4.12. The Morgan fingerprint density at radius 1 is 1.44 bits per heavy atom. The summed E-state index contributed by atoms with van der Waals surface area (Å²) in [4.78, 5) is 17.7. The lowest BCUT2D eigenvalue weighted by atomic mass is 10.2. The molecule has 1 aromatic rings. The van der Waals surface area contributed by atoms with Gasteiger partial charge in [-0.05, 0) is 31.6 Å². The second kappa shape index (κ2) is 7.66. The minimum absolute atomic E-state index is 0.441. The molecule has 0 saturated heterocycles. The molecule has 0 aliphatic heterocycles. The summed E-state index contributed by atoms with van der Waals surface area (Å²) in [6.45, 7) is 8.11. The number of nitrogens with two attached hydrogens (primary N) is 1. The van der Waals surface area contributed by atoms with Gasteiger partial charge in [-0.1, -0.05) is 13.8 Å². The lowest BCUT2D eigenvalue weighted by Crippen LogP contribution is -2.30. The van der Waals surface area contributed by atoms with Crippen molar-refractivity contribution in [1.29, 1.82) is 0 Å². The van der Waals surface area contributed by atoms with Gasteiger partial charge in [0.05, 0.1) is 5.56 Å². The molecule has 0 atom stereocenters. The average Bonchev–Trinajstić information content (AvgIpc) is 2.38. The number of aromatic nitrogens is 1. The van der Waals surface area contributed by atoms with Crippen LogP contribution in [0.25, 0.3) is 0 Å². The molecule has 1 aromatic heterocycles. The van der Waals surface area contributed by atoms with Crippen molar-refractivity contribution in [3.63, 3.8) is 0 Å². The fourth-order valence-electron chi connectivity index (χ4n) is 1.82. The molecule has 3 N–H and O–H groups in total. The van der Waals surface area contributed by atoms with Crippen LogP contribution in [0, 0.1) is 0 Å². The lowest BCUT2D eigenvalue weighted by molar-refractivity contribution is 0.100. The number of amides is 1. The van der Waals surface area contributed by atoms with E-state index in [2.05, 4.69) is 29.0 Å². The predicted octanol–water partition coefficient (Wildman–Crippen LogP) is 1.32. The molecule has 1 amide bonds. The van der Waals surface area contributed by atoms with Crippen molar-refractivity contribution in [3.8, 4) is 0 Å². The Bertz CT molecular complexity index is 381. The zero-order valence-electron chi connectivity index (χ0n) is 11.1. The third-order valence-corrected chi connectivity index (χ3v) is 2.78. The van der Waals surface area contributed by atoms with Crippen LogP contribution >= 0.6 is 0 Å². The lowest BCUT2D eigenvalue weighted by Gasteiger charge is -2.20. The SMILES string of the molecule is CCCN(CC)CCNc1ncccc1C(N)=O. The van der Waals surface area contributed by atoms with Crippen molar-refractivity contribution in [1.82, 2.24) is 9.88 Å². The molecule has 0 aliphatic carbocycles. The minimum Gasteiger partial charge on any atom is -0.368 e. The van der Waals surface area contributed by atoms with Crippen LogP contribution < -0.4 is 11.1 Å². The first-order valence-electron chi connectivity index (χ1n) is 6.40. The van der Waals surface area contributed by atoms with Crippen LogP contribution in [0.3, 0.4) is 0 Å². The highest BCUT2D eigenvalue weighted by Crippen LogP contribution is 2.09. The molecule has 0 fully saturated rings. The number of hydrogen-bond donors (Lipinski definition) is 2. The Labute approximate surface area is 108 Å². The summed E-state index contributed by atoms with van der Waals surface area (Å²) in [5, 5.41) is 3.16. The van der Waals surface area contributed by atoms with Crippen LogP contribution in [-0.4, -0.2) is 42.0 Å². The molecular weight excluding hydrogens is 228 g/mol. The zero-order chi connectivity index (χ0) is 13.4. The van der Waals surface area contributed by atoms with E-state index in [0.717, 1.165) is 32.6 Å². The Morgan fingerprint density at radius 3 is 2.83 bits per heavy atom. The van der Waals surface area contributed by atoms with Crippen LogP contribution in [0.2, 0.25) is 0 Å². The molecule has 100 valence electrons. The molecule has 0 aromatic carbocycles. The first-order chi connectivity index (χ1) is 8.69. The highest BCUT2D eigenvalue weighted by Gasteiger charge is 2.08. The van der Waals surface area contributed by atoms with Gasteiger partial charge in [0.15, 0.2) is 0 Å². The first-order valence-corrected chi connectivity index (χ1v) is 6.40. The fourth-order valence-corrected chi connectivity index (χ4v) is 1.82. The minimum atomic E-state index is -0.452. The van der Waals surface area contributed by atoms with Gasteiger partial charge in [0.2, 0.25) is 0 Å². The molecule has 5 nitrogen and oxygen atoms in total. The van der Waals surface area contributed by atoms with Gasteiger partial charge in [-0.15, -0.1) is 0 Å². The summed E-state index contributed by atoms with van der Waals surface area (Å²) in [6.07, 6.45) is 2.79. The third kappa shape index (κ3) is 4.33. The average molecular weight is 250 g/mol. The normalized spacial score (nSPS) is 10.6. The smallest absolute Gasteiger partial charge is 0.252 e. The van der Waals surface area contributed by atoms with E-state index >= 15 is 0 Å². The Morgan fingerprint density at radius 2 is 2.22 bits per heavy atom. The molecule has 1 rings (SSSR count). The highest BCUT2D eigenvalue weighted by molar-refractivity contribution is 5.97. The van der Waals surface area contributed by atoms with E-state index in [1.54, 1.807) is 18.3 Å². The van der Waals surface area contributed by atoms with Crippen molar-refractivity contribution in [2.24, 2.45) is 5.73 Å². The number of nitrogens with one attached hydrogen (secondary N) is 1. The van der Waals surface area contributed by atoms with Crippen LogP contribution in [0.15, 0.2) is 18.3 Å². The maximum atomic E-state index is 11.2. The van der Waals surface area contributed by atoms with Gasteiger partial charge < -0.3 is 16.0 Å². The summed E-state index contributed by atoms with van der Waals surface area (Å²) >= 11 is 0. The highest BCUT2D eigenvalue weighted by atomic mass is 16.1. The third-order valence-electron chi connectivity index (χ3n) is 2.78. The van der Waals surface area contributed by atoms with Crippen LogP contribution in [-0.2, 0) is 0 Å². The van der Waals surface area contributed by atoms with E-state index in [0.29, 0.717) is 11.4 Å². The van der Waals surface area contributed by atoms with Crippen molar-refractivity contribution < 1.29 is 4.79 Å². The van der Waals surface area contributed by atoms with Gasteiger partial charge >= 0.3 is 0 Å². The van der Waals surface area contributed by atoms with Crippen molar-refractivity contribution in [2.45, 2.75) is 20.3 Å². The summed E-state index contributed by atoms with van der Waals surface area (Å²) < 4.78 is 0. The predicted molar refractivity (Wildman–Crippen MR) is 73.6 cm³/mol. The Balaban J connectivity index is 2.50. The van der Waals surface area contributed by atoms with Crippen molar-refractivity contribution in [3.05, 3.63) is 23.9 Å². The number of primary amides is 1. The molecule has 18 heavy (non-hydrogen) atoms. The second-order valence-electron chi connectivity index (χ2n) is 4.12. The zero-order valence-corrected chi connectivity index (χ0v) is 11.1. The molecule has 1 heterocycles. The van der Waals surface area contributed by atoms with Gasteiger partial charge in [-0.3, -0.25) is 4.79 Å². The number of carbonyl (C=O) groups excluding carboxylic acids is 1. The van der Waals surface area contributed by atoms with E-state index in [1.165, 1.54) is 0 Å².